The molecule has 2 amide bonds. The van der Waals surface area contributed by atoms with Crippen molar-refractivity contribution in [2.75, 3.05) is 5.32 Å². The first kappa shape index (κ1) is 16.1. The number of fused-ring (bicyclic) bond motifs is 1. The van der Waals surface area contributed by atoms with Crippen molar-refractivity contribution >= 4 is 28.9 Å². The molecule has 1 aliphatic heterocycles. The zero-order chi connectivity index (χ0) is 18.1. The van der Waals surface area contributed by atoms with Crippen LogP contribution < -0.4 is 5.32 Å². The maximum absolute atomic E-state index is 12.6. The molecule has 26 heavy (non-hydrogen) atoms. The van der Waals surface area contributed by atoms with Gasteiger partial charge < -0.3 is 4.90 Å². The van der Waals surface area contributed by atoms with E-state index in [1.54, 1.807) is 18.5 Å². The predicted octanol–water partition coefficient (Wildman–Crippen LogP) is 3.06. The summed E-state index contributed by atoms with van der Waals surface area (Å²) in [5, 5.41) is 15.7. The normalized spacial score (nSPS) is 12.7. The topological polar surface area (TPSA) is 114 Å². The maximum atomic E-state index is 12.6. The fourth-order valence-corrected chi connectivity index (χ4v) is 3.35. The van der Waals surface area contributed by atoms with Crippen LogP contribution in [-0.2, 0) is 13.1 Å². The number of thiophene rings is 1. The molecule has 1 aliphatic rings. The van der Waals surface area contributed by atoms with Gasteiger partial charge in [-0.25, -0.2) is 9.78 Å². The number of amides is 2. The van der Waals surface area contributed by atoms with Crippen molar-refractivity contribution in [3.8, 4) is 10.6 Å². The predicted molar refractivity (Wildman–Crippen MR) is 94.5 cm³/mol. The van der Waals surface area contributed by atoms with Gasteiger partial charge in [-0.3, -0.25) is 25.4 Å². The van der Waals surface area contributed by atoms with E-state index in [0.717, 1.165) is 16.3 Å². The molecule has 0 fully saturated rings. The summed E-state index contributed by atoms with van der Waals surface area (Å²) in [5.41, 5.74) is 1.75. The number of rotatable bonds is 3. The van der Waals surface area contributed by atoms with Crippen molar-refractivity contribution in [3.63, 3.8) is 0 Å². The lowest BCUT2D eigenvalue weighted by Crippen LogP contribution is -2.31. The third-order valence-corrected chi connectivity index (χ3v) is 4.79. The standard InChI is InChI=1S/C16H12N6O3S/c23-16(21-8-11-12(9-21)18-6-5-17-11)20-15-13(22(24)25)4-3-10(19-15)14-2-1-7-26-14/h1-7H,8-9H2,(H,19,20,23). The lowest BCUT2D eigenvalue weighted by molar-refractivity contribution is -0.384. The van der Waals surface area contributed by atoms with E-state index >= 15 is 0 Å². The minimum absolute atomic E-state index is 0.0808. The van der Waals surface area contributed by atoms with Crippen molar-refractivity contribution in [2.24, 2.45) is 0 Å². The molecule has 0 atom stereocenters. The van der Waals surface area contributed by atoms with Crippen LogP contribution in [-0.4, -0.2) is 30.8 Å². The van der Waals surface area contributed by atoms with Crippen molar-refractivity contribution < 1.29 is 9.72 Å². The van der Waals surface area contributed by atoms with Gasteiger partial charge in [0.25, 0.3) is 0 Å². The maximum Gasteiger partial charge on any atom is 0.323 e. The number of urea groups is 1. The van der Waals surface area contributed by atoms with E-state index < -0.39 is 11.0 Å². The molecule has 0 spiro atoms. The first-order valence-electron chi connectivity index (χ1n) is 7.66. The SMILES string of the molecule is O=C(Nc1nc(-c2cccs2)ccc1[N+](=O)[O-])N1Cc2nccnc2C1. The van der Waals surface area contributed by atoms with Crippen molar-refractivity contribution in [3.05, 3.63) is 63.5 Å². The van der Waals surface area contributed by atoms with E-state index in [4.69, 9.17) is 0 Å². The van der Waals surface area contributed by atoms with Crippen LogP contribution in [0.25, 0.3) is 10.6 Å². The van der Waals surface area contributed by atoms with Gasteiger partial charge in [0.1, 0.15) is 0 Å². The van der Waals surface area contributed by atoms with Crippen molar-refractivity contribution in [1.82, 2.24) is 19.9 Å². The largest absolute Gasteiger partial charge is 0.323 e. The average molecular weight is 368 g/mol. The third kappa shape index (κ3) is 2.97. The number of nitrogens with zero attached hydrogens (tertiary/aromatic N) is 5. The van der Waals surface area contributed by atoms with Gasteiger partial charge in [-0.2, -0.15) is 0 Å². The van der Waals surface area contributed by atoms with Gasteiger partial charge in [0.05, 0.1) is 40.0 Å². The number of carbonyl (C=O) groups is 1. The zero-order valence-electron chi connectivity index (χ0n) is 13.3. The molecule has 3 aromatic rings. The summed E-state index contributed by atoms with van der Waals surface area (Å²) in [5.74, 6) is -0.0808. The summed E-state index contributed by atoms with van der Waals surface area (Å²) < 4.78 is 0. The van der Waals surface area contributed by atoms with Crippen LogP contribution in [0.15, 0.2) is 42.0 Å². The van der Waals surface area contributed by atoms with Crippen molar-refractivity contribution in [1.29, 1.82) is 0 Å². The van der Waals surface area contributed by atoms with Crippen LogP contribution in [0.1, 0.15) is 11.4 Å². The minimum atomic E-state index is -0.567. The highest BCUT2D eigenvalue weighted by molar-refractivity contribution is 7.13. The van der Waals surface area contributed by atoms with Crippen LogP contribution >= 0.6 is 11.3 Å². The molecule has 0 saturated heterocycles. The molecule has 0 unspecified atom stereocenters. The Morgan fingerprint density at radius 3 is 2.54 bits per heavy atom. The monoisotopic (exact) mass is 368 g/mol. The van der Waals surface area contributed by atoms with Crippen molar-refractivity contribution in [2.45, 2.75) is 13.1 Å². The van der Waals surface area contributed by atoms with E-state index in [-0.39, 0.29) is 11.5 Å². The number of aromatic nitrogens is 3. The van der Waals surface area contributed by atoms with E-state index in [1.807, 2.05) is 17.5 Å². The van der Waals surface area contributed by atoms with Gasteiger partial charge in [0.15, 0.2) is 0 Å². The molecular weight excluding hydrogens is 356 g/mol. The van der Waals surface area contributed by atoms with E-state index in [1.165, 1.54) is 22.3 Å². The van der Waals surface area contributed by atoms with E-state index in [0.29, 0.717) is 18.8 Å². The summed E-state index contributed by atoms with van der Waals surface area (Å²) >= 11 is 1.46. The Balaban J connectivity index is 1.60. The van der Waals surface area contributed by atoms with Gasteiger partial charge in [-0.15, -0.1) is 11.3 Å². The Labute approximate surface area is 151 Å². The molecular formula is C16H12N6O3S. The minimum Gasteiger partial charge on any atom is -0.313 e. The molecule has 0 radical (unpaired) electrons. The lowest BCUT2D eigenvalue weighted by Gasteiger charge is -2.15. The van der Waals surface area contributed by atoms with Gasteiger partial charge in [0, 0.05) is 18.5 Å². The highest BCUT2D eigenvalue weighted by Gasteiger charge is 2.27. The number of carbonyl (C=O) groups excluding carboxylic acids is 1. The van der Waals surface area contributed by atoms with Crippen LogP contribution in [0.4, 0.5) is 16.3 Å². The second-order valence-corrected chi connectivity index (χ2v) is 6.48. The van der Waals surface area contributed by atoms with Crippen LogP contribution in [0.5, 0.6) is 0 Å². The summed E-state index contributed by atoms with van der Waals surface area (Å²) in [4.78, 5) is 38.3. The fraction of sp³-hybridized carbons (Fsp3) is 0.125. The average Bonchev–Trinajstić information content (AvgIpc) is 3.31. The third-order valence-electron chi connectivity index (χ3n) is 3.90. The number of nitrogens with one attached hydrogen (secondary N) is 1. The van der Waals surface area contributed by atoms with E-state index in [2.05, 4.69) is 20.3 Å². The Morgan fingerprint density at radius 2 is 1.92 bits per heavy atom. The summed E-state index contributed by atoms with van der Waals surface area (Å²) in [7, 11) is 0. The Kier molecular flexibility index (Phi) is 4.01. The first-order valence-corrected chi connectivity index (χ1v) is 8.54. The molecule has 0 bridgehead atoms. The number of pyridine rings is 1. The van der Waals surface area contributed by atoms with E-state index in [9.17, 15) is 14.9 Å². The highest BCUT2D eigenvalue weighted by atomic mass is 32.1. The number of hydrogen-bond donors (Lipinski definition) is 1. The van der Waals surface area contributed by atoms with Crippen LogP contribution in [0, 0.1) is 10.1 Å². The molecule has 3 aromatic heterocycles. The Bertz CT molecular complexity index is 966. The fourth-order valence-electron chi connectivity index (χ4n) is 2.65. The smallest absolute Gasteiger partial charge is 0.313 e. The quantitative estimate of drug-likeness (QED) is 0.561. The molecule has 4 rings (SSSR count). The molecule has 0 aliphatic carbocycles. The highest BCUT2D eigenvalue weighted by Crippen LogP contribution is 2.30. The molecule has 130 valence electrons. The Hall–Kier alpha value is -3.40. The Morgan fingerprint density at radius 1 is 1.19 bits per heavy atom. The number of anilines is 1. The second-order valence-electron chi connectivity index (χ2n) is 5.53. The summed E-state index contributed by atoms with van der Waals surface area (Å²) in [6, 6.07) is 6.16. The first-order chi connectivity index (χ1) is 12.6. The molecule has 0 aromatic carbocycles. The summed E-state index contributed by atoms with van der Waals surface area (Å²) in [6.45, 7) is 0.598. The molecule has 1 N–H and O–H groups in total. The number of nitro groups is 1. The van der Waals surface area contributed by atoms with Gasteiger partial charge in [0.2, 0.25) is 5.82 Å². The van der Waals surface area contributed by atoms with Crippen LogP contribution in [0.3, 0.4) is 0 Å². The lowest BCUT2D eigenvalue weighted by atomic mass is 10.3. The zero-order valence-corrected chi connectivity index (χ0v) is 14.1. The summed E-state index contributed by atoms with van der Waals surface area (Å²) in [6.07, 6.45) is 3.13. The van der Waals surface area contributed by atoms with Gasteiger partial charge in [-0.1, -0.05) is 6.07 Å². The van der Waals surface area contributed by atoms with Gasteiger partial charge >= 0.3 is 11.7 Å². The molecule has 4 heterocycles. The van der Waals surface area contributed by atoms with Gasteiger partial charge in [-0.05, 0) is 17.5 Å². The number of hydrogen-bond acceptors (Lipinski definition) is 7. The molecule has 0 saturated carbocycles. The second kappa shape index (κ2) is 6.48. The molecule has 9 nitrogen and oxygen atoms in total. The molecule has 10 heteroatoms. The van der Waals surface area contributed by atoms with Crippen LogP contribution in [0.2, 0.25) is 0 Å².